The van der Waals surface area contributed by atoms with Gasteiger partial charge in [-0.25, -0.2) is 29.0 Å². The van der Waals surface area contributed by atoms with Gasteiger partial charge in [0.25, 0.3) is 0 Å². The van der Waals surface area contributed by atoms with Gasteiger partial charge >= 0.3 is 24.4 Å². The van der Waals surface area contributed by atoms with Gasteiger partial charge in [0.1, 0.15) is 0 Å². The van der Waals surface area contributed by atoms with E-state index in [-0.39, 0.29) is 0 Å². The van der Waals surface area contributed by atoms with Crippen molar-refractivity contribution in [1.29, 1.82) is 0 Å². The van der Waals surface area contributed by atoms with Crippen LogP contribution in [0.3, 0.4) is 0 Å². The monoisotopic (exact) mass is 849 g/mol. The van der Waals surface area contributed by atoms with Crippen LogP contribution in [-0.4, -0.2) is 158 Å². The smallest absolute Gasteiger partial charge is 0.417 e. The Balaban J connectivity index is 2.54. The van der Waals surface area contributed by atoms with Crippen LogP contribution >= 0.6 is 0 Å². The standard InChI is InChI=1S/C46H84N6O8/c1-37(2)21-29(22-38(3,4)47(37)17)45(51(33(53)54)34(55)56,30-23-39(5,6)48(18)40(7,8)24-30)46(52(35(57)58)36(59)60,31-25-41(9,10)49(19)42(11,12)26-31)32-27-43(13,14)50(20)44(15,16)28-32/h29-32H,21-28H2,1-20H3,(H,53,54)(H,55,56)(H,57,58)(H,59,60). The van der Waals surface area contributed by atoms with Crippen molar-refractivity contribution in [3.05, 3.63) is 0 Å². The van der Waals surface area contributed by atoms with Gasteiger partial charge in [0.05, 0.1) is 11.1 Å². The lowest BCUT2D eigenvalue weighted by atomic mass is 9.42. The van der Waals surface area contributed by atoms with Crippen molar-refractivity contribution in [2.75, 3.05) is 28.2 Å². The highest BCUT2D eigenvalue weighted by molar-refractivity contribution is 5.90. The molecule has 0 atom stereocenters. The summed E-state index contributed by atoms with van der Waals surface area (Å²) < 4.78 is 0. The molecule has 4 rings (SSSR count). The second kappa shape index (κ2) is 15.0. The summed E-state index contributed by atoms with van der Waals surface area (Å²) in [6.07, 6.45) is -4.50. The summed E-state index contributed by atoms with van der Waals surface area (Å²) in [4.78, 5) is 68.8. The minimum Gasteiger partial charge on any atom is -0.465 e. The number of hydrogen-bond acceptors (Lipinski definition) is 8. The van der Waals surface area contributed by atoms with Crippen molar-refractivity contribution in [3.63, 3.8) is 0 Å². The first kappa shape index (κ1) is 50.0. The molecule has 0 unspecified atom stereocenters. The highest BCUT2D eigenvalue weighted by atomic mass is 16.4. The third-order valence-electron chi connectivity index (χ3n) is 17.9. The predicted octanol–water partition coefficient (Wildman–Crippen LogP) is 9.38. The molecule has 14 heteroatoms. The maximum absolute atomic E-state index is 14.6. The van der Waals surface area contributed by atoms with Crippen LogP contribution in [0.25, 0.3) is 0 Å². The van der Waals surface area contributed by atoms with Crippen molar-refractivity contribution >= 4 is 24.4 Å². The average Bonchev–Trinajstić information content (AvgIpc) is 3.03. The summed E-state index contributed by atoms with van der Waals surface area (Å²) in [6.45, 7) is 33.3. The van der Waals surface area contributed by atoms with Gasteiger partial charge in [0.15, 0.2) is 0 Å². The fourth-order valence-electron chi connectivity index (χ4n) is 14.6. The second-order valence-electron chi connectivity index (χ2n) is 24.6. The van der Waals surface area contributed by atoms with Gasteiger partial charge < -0.3 is 20.4 Å². The van der Waals surface area contributed by atoms with Crippen LogP contribution in [0.1, 0.15) is 162 Å². The van der Waals surface area contributed by atoms with E-state index in [1.54, 1.807) is 0 Å². The molecular weight excluding hydrogens is 765 g/mol. The maximum Gasteiger partial charge on any atom is 0.417 e. The number of hydrogen-bond donors (Lipinski definition) is 4. The topological polar surface area (TPSA) is 169 Å². The Hall–Kier alpha value is -2.68. The Bertz CT molecular complexity index is 1390. The Labute approximate surface area is 362 Å². The minimum atomic E-state index is -2.13. The lowest BCUT2D eigenvalue weighted by Crippen LogP contribution is -2.87. The first-order chi connectivity index (χ1) is 26.6. The molecule has 14 nitrogen and oxygen atoms in total. The van der Waals surface area contributed by atoms with Gasteiger partial charge in [0, 0.05) is 44.3 Å². The van der Waals surface area contributed by atoms with Crippen molar-refractivity contribution < 1.29 is 39.6 Å². The van der Waals surface area contributed by atoms with Crippen molar-refractivity contribution in [2.24, 2.45) is 23.7 Å². The molecule has 0 aromatic rings. The Kier molecular flexibility index (Phi) is 12.5. The molecule has 4 aliphatic rings. The van der Waals surface area contributed by atoms with Crippen molar-refractivity contribution in [1.82, 2.24) is 29.4 Å². The number of rotatable bonds is 7. The summed E-state index contributed by atoms with van der Waals surface area (Å²) in [7, 11) is 8.13. The van der Waals surface area contributed by atoms with E-state index in [1.807, 2.05) is 28.2 Å². The molecule has 346 valence electrons. The minimum absolute atomic E-state index is 0.296. The summed E-state index contributed by atoms with van der Waals surface area (Å²) >= 11 is 0. The molecule has 0 bridgehead atoms. The Morgan fingerprint density at radius 1 is 0.350 bits per heavy atom. The lowest BCUT2D eigenvalue weighted by Gasteiger charge is -2.74. The molecule has 0 aliphatic carbocycles. The highest BCUT2D eigenvalue weighted by Gasteiger charge is 2.78. The van der Waals surface area contributed by atoms with Crippen LogP contribution < -0.4 is 0 Å². The first-order valence-electron chi connectivity index (χ1n) is 22.1. The summed E-state index contributed by atoms with van der Waals surface area (Å²) in [5, 5.41) is 47.5. The third kappa shape index (κ3) is 7.62. The van der Waals surface area contributed by atoms with E-state index in [1.165, 1.54) is 0 Å². The van der Waals surface area contributed by atoms with Crippen LogP contribution in [0.15, 0.2) is 0 Å². The van der Waals surface area contributed by atoms with Gasteiger partial charge in [-0.1, -0.05) is 0 Å². The molecular formula is C46H84N6O8. The number of carbonyl (C=O) groups is 4. The van der Waals surface area contributed by atoms with Crippen molar-refractivity contribution in [2.45, 2.75) is 218 Å². The molecule has 0 aromatic heterocycles. The molecule has 4 amide bonds. The van der Waals surface area contributed by atoms with Crippen LogP contribution in [0.2, 0.25) is 0 Å². The molecule has 0 aromatic carbocycles. The number of imide groups is 2. The zero-order valence-electron chi connectivity index (χ0n) is 41.1. The maximum atomic E-state index is 14.6. The van der Waals surface area contributed by atoms with Gasteiger partial charge in [0.2, 0.25) is 0 Å². The van der Waals surface area contributed by atoms with E-state index in [0.29, 0.717) is 61.2 Å². The van der Waals surface area contributed by atoms with Crippen LogP contribution in [0, 0.1) is 23.7 Å². The molecule has 0 radical (unpaired) electrons. The molecule has 4 N–H and O–H groups in total. The molecule has 4 fully saturated rings. The molecule has 0 saturated carbocycles. The zero-order chi connectivity index (χ0) is 46.7. The second-order valence-corrected chi connectivity index (χ2v) is 24.6. The third-order valence-corrected chi connectivity index (χ3v) is 17.9. The predicted molar refractivity (Wildman–Crippen MR) is 236 cm³/mol. The summed E-state index contributed by atoms with van der Waals surface area (Å²) in [6, 6.07) is 0. The SMILES string of the molecule is CN1C(C)(C)CC(C(C2CC(C)(C)N(C)C(C)(C)C2)(N(C(=O)O)C(=O)O)C(C2CC(C)(C)N(C)C(C)(C)C2)(C2CC(C)(C)N(C)C(C)(C)C2)N(C(=O)O)C(=O)O)CC1(C)C. The van der Waals surface area contributed by atoms with E-state index in [4.69, 9.17) is 0 Å². The lowest BCUT2D eigenvalue weighted by molar-refractivity contribution is -0.227. The number of nitrogens with zero attached hydrogens (tertiary/aromatic N) is 6. The van der Waals surface area contributed by atoms with E-state index < -0.39 is 103 Å². The van der Waals surface area contributed by atoms with Gasteiger partial charge in [-0.3, -0.25) is 19.6 Å². The highest BCUT2D eigenvalue weighted by Crippen LogP contribution is 2.67. The number of piperidine rings is 4. The summed E-state index contributed by atoms with van der Waals surface area (Å²) in [5.41, 5.74) is -9.40. The average molecular weight is 849 g/mol. The normalized spacial score (nSPS) is 27.9. The number of amides is 4. The van der Waals surface area contributed by atoms with E-state index in [9.17, 15) is 39.6 Å². The van der Waals surface area contributed by atoms with E-state index in [2.05, 4.69) is 130 Å². The largest absolute Gasteiger partial charge is 0.465 e. The van der Waals surface area contributed by atoms with Crippen LogP contribution in [0.4, 0.5) is 19.2 Å². The molecule has 60 heavy (non-hydrogen) atoms. The van der Waals surface area contributed by atoms with Crippen LogP contribution in [0.5, 0.6) is 0 Å². The summed E-state index contributed by atoms with van der Waals surface area (Å²) in [5.74, 6) is -3.26. The molecule has 4 heterocycles. The number of carboxylic acid groups (broad SMARTS) is 4. The van der Waals surface area contributed by atoms with E-state index in [0.717, 1.165) is 0 Å². The van der Waals surface area contributed by atoms with Crippen molar-refractivity contribution in [3.8, 4) is 0 Å². The first-order valence-corrected chi connectivity index (χ1v) is 22.1. The number of likely N-dealkylation sites (tertiary alicyclic amines) is 4. The van der Waals surface area contributed by atoms with Gasteiger partial charge in [-0.15, -0.1) is 0 Å². The Morgan fingerprint density at radius 2 is 0.467 bits per heavy atom. The van der Waals surface area contributed by atoms with Crippen LogP contribution in [-0.2, 0) is 0 Å². The van der Waals surface area contributed by atoms with Gasteiger partial charge in [-0.05, 0) is 214 Å². The molecule has 4 saturated heterocycles. The molecule has 4 aliphatic heterocycles. The van der Waals surface area contributed by atoms with Gasteiger partial charge in [-0.2, -0.15) is 0 Å². The zero-order valence-corrected chi connectivity index (χ0v) is 41.1. The Morgan fingerprint density at radius 3 is 0.567 bits per heavy atom. The fourth-order valence-corrected chi connectivity index (χ4v) is 14.6. The molecule has 0 spiro atoms. The quantitative estimate of drug-likeness (QED) is 0.192. The van der Waals surface area contributed by atoms with E-state index >= 15 is 0 Å². The fraction of sp³-hybridized carbons (Fsp3) is 0.913.